The van der Waals surface area contributed by atoms with Crippen molar-refractivity contribution in [2.24, 2.45) is 7.05 Å². The maximum atomic E-state index is 5.34. The molecule has 0 aromatic carbocycles. The molecule has 0 radical (unpaired) electrons. The van der Waals surface area contributed by atoms with E-state index in [2.05, 4.69) is 85.1 Å². The summed E-state index contributed by atoms with van der Waals surface area (Å²) in [6.07, 6.45) is 23.0. The third-order valence-electron chi connectivity index (χ3n) is 9.04. The monoisotopic (exact) mass is 632 g/mol. The lowest BCUT2D eigenvalue weighted by molar-refractivity contribution is 1.01. The molecule has 0 unspecified atom stereocenters. The maximum absolute atomic E-state index is 5.34. The van der Waals surface area contributed by atoms with Crippen LogP contribution < -0.4 is 0 Å². The summed E-state index contributed by atoms with van der Waals surface area (Å²) >= 11 is 0. The molecule has 1 N–H and O–H groups in total. The van der Waals surface area contributed by atoms with Crippen LogP contribution in [0.2, 0.25) is 0 Å². The highest BCUT2D eigenvalue weighted by Gasteiger charge is 2.19. The zero-order valence-electron chi connectivity index (χ0n) is 26.5. The number of fused-ring (bicyclic) bond motifs is 8. The quantitative estimate of drug-likeness (QED) is 0.208. The van der Waals surface area contributed by atoms with Crippen molar-refractivity contribution < 1.29 is 0 Å². The van der Waals surface area contributed by atoms with Crippen LogP contribution in [0.3, 0.4) is 0 Å². The number of H-pyrrole nitrogens is 1. The average molecular weight is 633 g/mol. The summed E-state index contributed by atoms with van der Waals surface area (Å²) in [6.45, 7) is 0. The number of rotatable bonds is 4. The summed E-state index contributed by atoms with van der Waals surface area (Å²) in [7, 11) is 2.10. The second kappa shape index (κ2) is 11.8. The molecule has 0 saturated heterocycles. The number of aromatic nitrogens is 8. The highest BCUT2D eigenvalue weighted by molar-refractivity contribution is 6.00. The zero-order valence-corrected chi connectivity index (χ0v) is 26.5. The Morgan fingerprint density at radius 2 is 0.694 bits per heavy atom. The van der Waals surface area contributed by atoms with Gasteiger partial charge in [-0.15, -0.1) is 0 Å². The van der Waals surface area contributed by atoms with Gasteiger partial charge in [0.2, 0.25) is 0 Å². The summed E-state index contributed by atoms with van der Waals surface area (Å²) in [4.78, 5) is 31.7. The van der Waals surface area contributed by atoms with Crippen LogP contribution in [0.15, 0.2) is 122 Å². The Morgan fingerprint density at radius 1 is 0.388 bits per heavy atom. The Kier molecular flexibility index (Phi) is 6.83. The number of hydrogen-bond acceptors (Lipinski definition) is 6. The Balaban J connectivity index is 1.51. The van der Waals surface area contributed by atoms with Gasteiger partial charge in [-0.3, -0.25) is 19.9 Å². The number of hydrogen-bond donors (Lipinski definition) is 1. The first-order valence-electron chi connectivity index (χ1n) is 16.0. The van der Waals surface area contributed by atoms with Crippen LogP contribution in [0, 0.1) is 0 Å². The van der Waals surface area contributed by atoms with E-state index in [9.17, 15) is 0 Å². The fourth-order valence-electron chi connectivity index (χ4n) is 6.79. The minimum atomic E-state index is 0.853. The fourth-order valence-corrected chi connectivity index (χ4v) is 6.79. The molecule has 8 bridgehead atoms. The van der Waals surface area contributed by atoms with Crippen LogP contribution in [0.25, 0.3) is 90.9 Å². The van der Waals surface area contributed by atoms with Crippen molar-refractivity contribution in [2.45, 2.75) is 0 Å². The lowest BCUT2D eigenvalue weighted by atomic mass is 10.0. The minimum Gasteiger partial charge on any atom is -0.354 e. The first kappa shape index (κ1) is 28.4. The van der Waals surface area contributed by atoms with Crippen molar-refractivity contribution in [3.05, 3.63) is 145 Å². The molecule has 0 spiro atoms. The van der Waals surface area contributed by atoms with E-state index in [0.29, 0.717) is 0 Å². The van der Waals surface area contributed by atoms with Crippen LogP contribution >= 0.6 is 0 Å². The van der Waals surface area contributed by atoms with E-state index >= 15 is 0 Å². The normalized spacial score (nSPS) is 12.0. The molecule has 0 atom stereocenters. The molecule has 7 aromatic heterocycles. The molecule has 2 aliphatic rings. The van der Waals surface area contributed by atoms with E-state index in [1.807, 2.05) is 98.1 Å². The van der Waals surface area contributed by atoms with Gasteiger partial charge in [0.25, 0.3) is 0 Å². The van der Waals surface area contributed by atoms with E-state index in [1.165, 1.54) is 0 Å². The van der Waals surface area contributed by atoms with Gasteiger partial charge in [-0.25, -0.2) is 9.97 Å². The fraction of sp³-hybridized carbons (Fsp3) is 0.0244. The minimum absolute atomic E-state index is 0.853. The molecule has 49 heavy (non-hydrogen) atoms. The van der Waals surface area contributed by atoms with Crippen molar-refractivity contribution in [1.82, 2.24) is 39.5 Å². The Labute approximate surface area is 281 Å². The van der Waals surface area contributed by atoms with Gasteiger partial charge in [0.05, 0.1) is 33.8 Å². The van der Waals surface area contributed by atoms with Gasteiger partial charge in [-0.1, -0.05) is 0 Å². The molecule has 8 nitrogen and oxygen atoms in total. The summed E-state index contributed by atoms with van der Waals surface area (Å²) < 4.78 is 2.23. The lowest BCUT2D eigenvalue weighted by Gasteiger charge is -2.10. The van der Waals surface area contributed by atoms with Crippen molar-refractivity contribution in [3.63, 3.8) is 0 Å². The molecule has 0 aliphatic carbocycles. The van der Waals surface area contributed by atoms with Crippen LogP contribution in [-0.4, -0.2) is 39.5 Å². The molecular formula is C41H28N8. The number of aryl methyl sites for hydroxylation is 1. The molecule has 0 amide bonds. The molecule has 8 heteroatoms. The lowest BCUT2D eigenvalue weighted by Crippen LogP contribution is -1.95. The van der Waals surface area contributed by atoms with E-state index in [1.54, 1.807) is 0 Å². The smallest absolute Gasteiger partial charge is 0.0737 e. The largest absolute Gasteiger partial charge is 0.354 e. The molecule has 7 aromatic rings. The summed E-state index contributed by atoms with van der Waals surface area (Å²) in [5.41, 5.74) is 15.4. The molecule has 9 rings (SSSR count). The molecule has 232 valence electrons. The van der Waals surface area contributed by atoms with Crippen molar-refractivity contribution in [3.8, 4) is 44.5 Å². The van der Waals surface area contributed by atoms with Crippen LogP contribution in [0.5, 0.6) is 0 Å². The Hall–Kier alpha value is -6.80. The Bertz CT molecular complexity index is 2410. The number of pyridine rings is 4. The van der Waals surface area contributed by atoms with Gasteiger partial charge in [-0.2, -0.15) is 0 Å². The van der Waals surface area contributed by atoms with Crippen molar-refractivity contribution >= 4 is 46.4 Å². The molecular weight excluding hydrogens is 605 g/mol. The van der Waals surface area contributed by atoms with E-state index in [0.717, 1.165) is 89.4 Å². The average Bonchev–Trinajstić information content (AvgIpc) is 3.98. The van der Waals surface area contributed by atoms with Gasteiger partial charge >= 0.3 is 0 Å². The van der Waals surface area contributed by atoms with Gasteiger partial charge in [0.1, 0.15) is 0 Å². The second-order valence-electron chi connectivity index (χ2n) is 11.8. The van der Waals surface area contributed by atoms with Crippen molar-refractivity contribution in [1.29, 1.82) is 0 Å². The highest BCUT2D eigenvalue weighted by atomic mass is 14.9. The number of aromatic amines is 1. The first-order valence-corrected chi connectivity index (χ1v) is 16.0. The number of nitrogens with one attached hydrogen (secondary N) is 1. The van der Waals surface area contributed by atoms with Crippen LogP contribution in [0.4, 0.5) is 0 Å². The molecule has 2 aliphatic heterocycles. The van der Waals surface area contributed by atoms with Crippen LogP contribution in [-0.2, 0) is 7.05 Å². The zero-order chi connectivity index (χ0) is 32.7. The summed E-state index contributed by atoms with van der Waals surface area (Å²) in [5.74, 6) is 0. The van der Waals surface area contributed by atoms with E-state index in [4.69, 9.17) is 9.97 Å². The van der Waals surface area contributed by atoms with Gasteiger partial charge in [0.15, 0.2) is 0 Å². The summed E-state index contributed by atoms with van der Waals surface area (Å²) in [6, 6.07) is 24.8. The predicted octanol–water partition coefficient (Wildman–Crippen LogP) is 8.91. The van der Waals surface area contributed by atoms with Crippen LogP contribution in [0.1, 0.15) is 22.8 Å². The summed E-state index contributed by atoms with van der Waals surface area (Å²) in [5, 5.41) is 0. The SMILES string of the molecule is Cn1c2ccc1c(-c1ccncc1)c1nc(c(-c3ccncc3)c3ccc([nH]3)c(-c3ccncc3)c3nc(c2-c2ccncc2)C=C3)C=C1. The van der Waals surface area contributed by atoms with Crippen molar-refractivity contribution in [2.75, 3.05) is 0 Å². The second-order valence-corrected chi connectivity index (χ2v) is 11.8. The molecule has 0 saturated carbocycles. The Morgan fingerprint density at radius 3 is 1.04 bits per heavy atom. The van der Waals surface area contributed by atoms with Gasteiger partial charge in [-0.05, 0) is 119 Å². The van der Waals surface area contributed by atoms with Gasteiger partial charge in [0, 0.05) is 89.9 Å². The maximum Gasteiger partial charge on any atom is 0.0737 e. The van der Waals surface area contributed by atoms with E-state index in [-0.39, 0.29) is 0 Å². The topological polar surface area (TPSA) is 98.1 Å². The molecule has 0 fully saturated rings. The van der Waals surface area contributed by atoms with E-state index < -0.39 is 0 Å². The highest BCUT2D eigenvalue weighted by Crippen LogP contribution is 2.38. The standard InChI is InChI=1S/C41H28N8/c1-49-36-8-9-37(49)41(29-16-24-45-25-17-29)35-7-5-33(48-35)39(27-12-20-43-21-13-27)31-3-2-30(46-31)38(26-10-18-42-19-11-26)32-4-6-34(47-32)40(36)28-14-22-44-23-15-28/h2-25,46H,1H3. The third kappa shape index (κ3) is 4.94. The predicted molar refractivity (Wildman–Crippen MR) is 196 cm³/mol. The number of nitrogens with zero attached hydrogens (tertiary/aromatic N) is 7. The third-order valence-corrected chi connectivity index (χ3v) is 9.04. The van der Waals surface area contributed by atoms with Gasteiger partial charge < -0.3 is 9.55 Å². The first-order chi connectivity index (χ1) is 24.2. The molecule has 9 heterocycles.